The molecule has 11 nitrogen and oxygen atoms in total. The smallest absolute Gasteiger partial charge is 0.229 e. The van der Waals surface area contributed by atoms with Crippen molar-refractivity contribution in [1.82, 2.24) is 24.6 Å². The van der Waals surface area contributed by atoms with Gasteiger partial charge in [-0.05, 0) is 95.6 Å². The van der Waals surface area contributed by atoms with Gasteiger partial charge >= 0.3 is 0 Å². The summed E-state index contributed by atoms with van der Waals surface area (Å²) in [5.41, 5.74) is 3.56. The molecule has 0 amide bonds. The third-order valence-corrected chi connectivity index (χ3v) is 10.6. The highest BCUT2D eigenvalue weighted by atomic mass is 35.5. The molecule has 2 atom stereocenters. The van der Waals surface area contributed by atoms with E-state index >= 15 is 0 Å². The molecule has 43 heavy (non-hydrogen) atoms. The van der Waals surface area contributed by atoms with Crippen LogP contribution < -0.4 is 15.4 Å². The van der Waals surface area contributed by atoms with Gasteiger partial charge in [0.1, 0.15) is 10.8 Å². The molecule has 13 heteroatoms. The Kier molecular flexibility index (Phi) is 9.50. The fraction of sp³-hybridized carbons (Fsp3) is 0.567. The number of ether oxygens (including phenoxy) is 2. The molecule has 1 saturated heterocycles. The van der Waals surface area contributed by atoms with Crippen LogP contribution in [-0.2, 0) is 21.6 Å². The van der Waals surface area contributed by atoms with Crippen LogP contribution in [0.5, 0.6) is 5.75 Å². The van der Waals surface area contributed by atoms with E-state index in [-0.39, 0.29) is 22.0 Å². The van der Waals surface area contributed by atoms with Crippen LogP contribution in [0.3, 0.4) is 0 Å². The summed E-state index contributed by atoms with van der Waals surface area (Å²) in [6.07, 6.45) is 8.53. The first-order chi connectivity index (χ1) is 20.5. The van der Waals surface area contributed by atoms with Gasteiger partial charge in [0.2, 0.25) is 20.8 Å². The van der Waals surface area contributed by atoms with E-state index in [4.69, 9.17) is 21.1 Å². The molecule has 2 N–H and O–H groups in total. The van der Waals surface area contributed by atoms with E-state index in [9.17, 15) is 8.42 Å². The Bertz CT molecular complexity index is 1560. The molecule has 2 aromatic heterocycles. The summed E-state index contributed by atoms with van der Waals surface area (Å²) in [5.74, 6) is 1.78. The summed E-state index contributed by atoms with van der Waals surface area (Å²) in [6.45, 7) is 7.18. The van der Waals surface area contributed by atoms with Crippen molar-refractivity contribution in [3.63, 3.8) is 0 Å². The highest BCUT2D eigenvalue weighted by Gasteiger charge is 2.31. The third kappa shape index (κ3) is 7.25. The van der Waals surface area contributed by atoms with Gasteiger partial charge in [-0.15, -0.1) is 0 Å². The lowest BCUT2D eigenvalue weighted by atomic mass is 9.82. The van der Waals surface area contributed by atoms with Gasteiger partial charge in [0.25, 0.3) is 0 Å². The second-order valence-corrected chi connectivity index (χ2v) is 14.7. The Labute approximate surface area is 259 Å². The molecule has 234 valence electrons. The van der Waals surface area contributed by atoms with E-state index in [1.807, 2.05) is 0 Å². The molecule has 1 aliphatic carbocycles. The molecule has 1 saturated carbocycles. The molecule has 0 radical (unpaired) electrons. The molecular weight excluding hydrogens is 590 g/mol. The van der Waals surface area contributed by atoms with E-state index in [0.29, 0.717) is 23.6 Å². The highest BCUT2D eigenvalue weighted by Crippen LogP contribution is 2.41. The van der Waals surface area contributed by atoms with Crippen LogP contribution in [0.4, 0.5) is 23.1 Å². The van der Waals surface area contributed by atoms with Gasteiger partial charge in [-0.2, -0.15) is 10.1 Å². The first-order valence-electron chi connectivity index (χ1n) is 14.8. The fourth-order valence-corrected chi connectivity index (χ4v) is 6.74. The predicted molar refractivity (Wildman–Crippen MR) is 169 cm³/mol. The monoisotopic (exact) mass is 631 g/mol. The van der Waals surface area contributed by atoms with Gasteiger partial charge in [-0.25, -0.2) is 13.4 Å². The lowest BCUT2D eigenvalue weighted by molar-refractivity contribution is 0.114. The molecule has 2 fully saturated rings. The topological polar surface area (TPSA) is 124 Å². The van der Waals surface area contributed by atoms with Crippen LogP contribution in [-0.4, -0.2) is 77.8 Å². The maximum Gasteiger partial charge on any atom is 0.229 e. The summed E-state index contributed by atoms with van der Waals surface area (Å²) < 4.78 is 39.0. The number of benzene rings is 1. The number of methoxy groups -OCH3 is 1. The van der Waals surface area contributed by atoms with Crippen LogP contribution in [0.2, 0.25) is 5.02 Å². The zero-order valence-electron chi connectivity index (χ0n) is 25.7. The quantitative estimate of drug-likeness (QED) is 0.261. The van der Waals surface area contributed by atoms with Crippen molar-refractivity contribution in [3.8, 4) is 5.75 Å². The second kappa shape index (κ2) is 13.0. The van der Waals surface area contributed by atoms with Gasteiger partial charge in [-0.3, -0.25) is 4.68 Å². The minimum atomic E-state index is -3.64. The molecule has 2 unspecified atom stereocenters. The Balaban J connectivity index is 1.41. The number of halogens is 1. The summed E-state index contributed by atoms with van der Waals surface area (Å²) in [7, 11) is 1.98. The molecule has 0 bridgehead atoms. The van der Waals surface area contributed by atoms with Crippen molar-refractivity contribution >= 4 is 44.6 Å². The number of nitrogens with one attached hydrogen (secondary N) is 2. The number of aromatic nitrogens is 4. The van der Waals surface area contributed by atoms with Crippen LogP contribution in [0.1, 0.15) is 63.0 Å². The summed E-state index contributed by atoms with van der Waals surface area (Å²) in [6, 6.07) is 4.77. The molecule has 1 aromatic carbocycles. The third-order valence-electron chi connectivity index (χ3n) is 8.22. The van der Waals surface area contributed by atoms with E-state index < -0.39 is 15.1 Å². The van der Waals surface area contributed by atoms with Gasteiger partial charge in [0.05, 0.1) is 28.9 Å². The van der Waals surface area contributed by atoms with Crippen LogP contribution in [0.15, 0.2) is 29.6 Å². The first-order valence-corrected chi connectivity index (χ1v) is 16.7. The first kappa shape index (κ1) is 31.5. The lowest BCUT2D eigenvalue weighted by Gasteiger charge is -2.38. The average molecular weight is 632 g/mol. The minimum Gasteiger partial charge on any atom is -0.488 e. The Hall–Kier alpha value is -2.93. The molecular formula is C30H42ClN7O4S. The molecule has 3 heterocycles. The standard InChI is InChI=1S/C30H42ClN7O4S/c1-18(2)43(39,40)29-26(17-38(5)36-29)33-28-24(31)16-32-30(35-28)34-25-13-19(3)23(15-27(25)42-22-7-8-22)20-9-11-37(4)21(14-20)10-12-41-6/h13,15-18,20-22H,7-12,14H2,1-6H3,(H2,32,33,34,35). The second-order valence-electron chi connectivity index (χ2n) is 11.9. The number of sulfone groups is 1. The maximum absolute atomic E-state index is 12.9. The van der Waals surface area contributed by atoms with E-state index in [2.05, 4.69) is 56.7 Å². The number of piperidine rings is 1. The number of aryl methyl sites for hydroxylation is 2. The average Bonchev–Trinajstić information content (AvgIpc) is 3.70. The van der Waals surface area contributed by atoms with Crippen molar-refractivity contribution in [1.29, 1.82) is 0 Å². The maximum atomic E-state index is 12.9. The van der Waals surface area contributed by atoms with Crippen molar-refractivity contribution in [2.24, 2.45) is 7.05 Å². The Morgan fingerprint density at radius 1 is 1.14 bits per heavy atom. The summed E-state index contributed by atoms with van der Waals surface area (Å²) >= 11 is 6.45. The SMILES string of the molecule is COCCC1CC(c2cc(OC3CC3)c(Nc3ncc(Cl)c(Nc4cn(C)nc4S(=O)(=O)C(C)C)n3)cc2C)CCN1C. The zero-order chi connectivity index (χ0) is 30.9. The minimum absolute atomic E-state index is 0.0566. The molecule has 0 spiro atoms. The van der Waals surface area contributed by atoms with Gasteiger partial charge in [0.15, 0.2) is 5.82 Å². The van der Waals surface area contributed by atoms with Crippen molar-refractivity contribution in [2.75, 3.05) is 37.9 Å². The molecule has 1 aliphatic heterocycles. The summed E-state index contributed by atoms with van der Waals surface area (Å²) in [4.78, 5) is 11.4. The van der Waals surface area contributed by atoms with E-state index in [0.717, 1.165) is 56.7 Å². The fourth-order valence-electron chi connectivity index (χ4n) is 5.50. The Morgan fingerprint density at radius 2 is 1.91 bits per heavy atom. The largest absolute Gasteiger partial charge is 0.488 e. The van der Waals surface area contributed by atoms with Crippen molar-refractivity contribution in [3.05, 3.63) is 40.7 Å². The van der Waals surface area contributed by atoms with Crippen LogP contribution in [0.25, 0.3) is 0 Å². The molecule has 5 rings (SSSR count). The number of nitrogens with zero attached hydrogens (tertiary/aromatic N) is 5. The predicted octanol–water partition coefficient (Wildman–Crippen LogP) is 5.60. The summed E-state index contributed by atoms with van der Waals surface area (Å²) in [5, 5.41) is 10.1. The number of rotatable bonds is 12. The number of hydrogen-bond acceptors (Lipinski definition) is 10. The van der Waals surface area contributed by atoms with Crippen molar-refractivity contribution in [2.45, 2.75) is 81.2 Å². The number of anilines is 4. The lowest BCUT2D eigenvalue weighted by Crippen LogP contribution is -2.39. The zero-order valence-corrected chi connectivity index (χ0v) is 27.3. The highest BCUT2D eigenvalue weighted by molar-refractivity contribution is 7.92. The number of likely N-dealkylation sites (tertiary alicyclic amines) is 1. The molecule has 2 aliphatic rings. The van der Waals surface area contributed by atoms with Crippen LogP contribution >= 0.6 is 11.6 Å². The van der Waals surface area contributed by atoms with Gasteiger partial charge in [0, 0.05) is 33.0 Å². The molecule has 3 aromatic rings. The van der Waals surface area contributed by atoms with Gasteiger partial charge < -0.3 is 25.0 Å². The number of hydrogen-bond donors (Lipinski definition) is 2. The van der Waals surface area contributed by atoms with Crippen LogP contribution in [0, 0.1) is 6.92 Å². The van der Waals surface area contributed by atoms with E-state index in [1.54, 1.807) is 34.2 Å². The Morgan fingerprint density at radius 3 is 2.60 bits per heavy atom. The van der Waals surface area contributed by atoms with Gasteiger partial charge in [-0.1, -0.05) is 11.6 Å². The van der Waals surface area contributed by atoms with E-state index in [1.165, 1.54) is 22.0 Å². The van der Waals surface area contributed by atoms with Crippen molar-refractivity contribution < 1.29 is 17.9 Å². The normalized spacial score (nSPS) is 19.5.